The van der Waals surface area contributed by atoms with Crippen LogP contribution in [0, 0.1) is 12.3 Å². The molecular weight excluding hydrogens is 162 g/mol. The number of guanidine groups is 1. The lowest BCUT2D eigenvalue weighted by molar-refractivity contribution is 0.438. The van der Waals surface area contributed by atoms with Crippen molar-refractivity contribution in [2.24, 2.45) is 5.73 Å². The van der Waals surface area contributed by atoms with Gasteiger partial charge in [-0.2, -0.15) is 0 Å². The first-order chi connectivity index (χ1) is 6.18. The predicted molar refractivity (Wildman–Crippen MR) is 52.3 cm³/mol. The van der Waals surface area contributed by atoms with E-state index >= 15 is 0 Å². The quantitative estimate of drug-likeness (QED) is 0.460. The van der Waals surface area contributed by atoms with Gasteiger partial charge in [0.1, 0.15) is 0 Å². The average molecular weight is 175 g/mol. The van der Waals surface area contributed by atoms with Crippen LogP contribution in [-0.4, -0.2) is 10.9 Å². The molecule has 3 N–H and O–H groups in total. The zero-order valence-electron chi connectivity index (χ0n) is 7.67. The number of nitrogens with zero attached hydrogens (tertiary/aromatic N) is 1. The van der Waals surface area contributed by atoms with Gasteiger partial charge < -0.3 is 10.6 Å². The Kier molecular flexibility index (Phi) is 1.72. The fourth-order valence-corrected chi connectivity index (χ4v) is 1.76. The van der Waals surface area contributed by atoms with Gasteiger partial charge in [-0.1, -0.05) is 18.2 Å². The molecule has 1 aromatic rings. The van der Waals surface area contributed by atoms with Gasteiger partial charge in [0, 0.05) is 13.1 Å². The number of hydrogen-bond donors (Lipinski definition) is 2. The van der Waals surface area contributed by atoms with E-state index in [4.69, 9.17) is 11.1 Å². The summed E-state index contributed by atoms with van der Waals surface area (Å²) in [6.07, 6.45) is 0. The van der Waals surface area contributed by atoms with Gasteiger partial charge in [-0.15, -0.1) is 0 Å². The molecular formula is C10H13N3. The van der Waals surface area contributed by atoms with Gasteiger partial charge in [-0.3, -0.25) is 5.41 Å². The van der Waals surface area contributed by atoms with E-state index in [9.17, 15) is 0 Å². The second kappa shape index (κ2) is 2.76. The summed E-state index contributed by atoms with van der Waals surface area (Å²) in [5, 5.41) is 7.34. The highest BCUT2D eigenvalue weighted by atomic mass is 15.2. The number of nitrogens with two attached hydrogens (primary N) is 1. The summed E-state index contributed by atoms with van der Waals surface area (Å²) in [6.45, 7) is 3.67. The van der Waals surface area contributed by atoms with Gasteiger partial charge >= 0.3 is 0 Å². The topological polar surface area (TPSA) is 53.1 Å². The van der Waals surface area contributed by atoms with Gasteiger partial charge in [0.15, 0.2) is 5.96 Å². The van der Waals surface area contributed by atoms with Crippen molar-refractivity contribution < 1.29 is 0 Å². The lowest BCUT2D eigenvalue weighted by Gasteiger charge is -2.13. The molecule has 0 aliphatic carbocycles. The van der Waals surface area contributed by atoms with Crippen molar-refractivity contribution in [1.29, 1.82) is 5.41 Å². The highest BCUT2D eigenvalue weighted by Gasteiger charge is 2.20. The molecule has 0 atom stereocenters. The van der Waals surface area contributed by atoms with Gasteiger partial charge in [0.25, 0.3) is 0 Å². The molecule has 0 bridgehead atoms. The van der Waals surface area contributed by atoms with E-state index in [1.165, 1.54) is 16.7 Å². The molecule has 2 rings (SSSR count). The third-order valence-electron chi connectivity index (χ3n) is 2.56. The Hall–Kier alpha value is -1.51. The number of fused-ring (bicyclic) bond motifs is 1. The van der Waals surface area contributed by atoms with Crippen molar-refractivity contribution in [3.63, 3.8) is 0 Å². The van der Waals surface area contributed by atoms with Crippen LogP contribution in [0.4, 0.5) is 0 Å². The van der Waals surface area contributed by atoms with Gasteiger partial charge in [-0.05, 0) is 23.6 Å². The maximum atomic E-state index is 7.34. The van der Waals surface area contributed by atoms with E-state index in [1.54, 1.807) is 0 Å². The molecule has 0 radical (unpaired) electrons. The summed E-state index contributed by atoms with van der Waals surface area (Å²) in [6, 6.07) is 6.26. The summed E-state index contributed by atoms with van der Waals surface area (Å²) in [4.78, 5) is 1.87. The molecule has 1 aliphatic rings. The van der Waals surface area contributed by atoms with Crippen LogP contribution < -0.4 is 5.73 Å². The molecule has 1 heterocycles. The predicted octanol–water partition coefficient (Wildman–Crippen LogP) is 1.20. The van der Waals surface area contributed by atoms with Crippen molar-refractivity contribution >= 4 is 5.96 Å². The Morgan fingerprint density at radius 1 is 1.46 bits per heavy atom. The van der Waals surface area contributed by atoms with Gasteiger partial charge in [0.2, 0.25) is 0 Å². The van der Waals surface area contributed by atoms with Crippen LogP contribution in [0.1, 0.15) is 16.7 Å². The van der Waals surface area contributed by atoms with Crippen LogP contribution in [0.15, 0.2) is 18.2 Å². The molecule has 1 aromatic carbocycles. The third-order valence-corrected chi connectivity index (χ3v) is 2.56. The number of benzene rings is 1. The van der Waals surface area contributed by atoms with E-state index in [-0.39, 0.29) is 5.96 Å². The summed E-state index contributed by atoms with van der Waals surface area (Å²) >= 11 is 0. The SMILES string of the molecule is Cc1cccc2c1CN(C(=N)N)C2. The summed E-state index contributed by atoms with van der Waals surface area (Å²) in [5.41, 5.74) is 9.36. The molecule has 0 fully saturated rings. The molecule has 0 saturated heterocycles. The zero-order valence-corrected chi connectivity index (χ0v) is 7.67. The van der Waals surface area contributed by atoms with Crippen LogP contribution in [0.2, 0.25) is 0 Å². The number of rotatable bonds is 0. The Balaban J connectivity index is 2.35. The number of hydrogen-bond acceptors (Lipinski definition) is 1. The fraction of sp³-hybridized carbons (Fsp3) is 0.300. The molecule has 68 valence electrons. The molecule has 0 amide bonds. The second-order valence-electron chi connectivity index (χ2n) is 3.45. The molecule has 0 saturated carbocycles. The van der Waals surface area contributed by atoms with Crippen molar-refractivity contribution in [2.75, 3.05) is 0 Å². The Labute approximate surface area is 77.7 Å². The van der Waals surface area contributed by atoms with Crippen molar-refractivity contribution in [1.82, 2.24) is 4.90 Å². The zero-order chi connectivity index (χ0) is 9.42. The van der Waals surface area contributed by atoms with E-state index in [0.29, 0.717) is 0 Å². The highest BCUT2D eigenvalue weighted by molar-refractivity contribution is 5.75. The van der Waals surface area contributed by atoms with E-state index in [0.717, 1.165) is 13.1 Å². The smallest absolute Gasteiger partial charge is 0.188 e. The van der Waals surface area contributed by atoms with Gasteiger partial charge in [0.05, 0.1) is 0 Å². The minimum atomic E-state index is 0.163. The van der Waals surface area contributed by atoms with Gasteiger partial charge in [-0.25, -0.2) is 0 Å². The molecule has 13 heavy (non-hydrogen) atoms. The Bertz CT molecular complexity index is 357. The van der Waals surface area contributed by atoms with E-state index < -0.39 is 0 Å². The minimum Gasteiger partial charge on any atom is -0.370 e. The Morgan fingerprint density at radius 2 is 2.23 bits per heavy atom. The fourth-order valence-electron chi connectivity index (χ4n) is 1.76. The van der Waals surface area contributed by atoms with Crippen molar-refractivity contribution in [2.45, 2.75) is 20.0 Å². The molecule has 1 aliphatic heterocycles. The maximum absolute atomic E-state index is 7.34. The lowest BCUT2D eigenvalue weighted by Crippen LogP contribution is -2.31. The molecule has 0 aromatic heterocycles. The largest absolute Gasteiger partial charge is 0.370 e. The average Bonchev–Trinajstić information content (AvgIpc) is 2.49. The molecule has 3 heteroatoms. The van der Waals surface area contributed by atoms with Crippen LogP contribution in [0.25, 0.3) is 0 Å². The maximum Gasteiger partial charge on any atom is 0.188 e. The standard InChI is InChI=1S/C10H13N3/c1-7-3-2-4-8-5-13(10(11)12)6-9(7)8/h2-4H,5-6H2,1H3,(H3,11,12). The van der Waals surface area contributed by atoms with Crippen LogP contribution in [-0.2, 0) is 13.1 Å². The van der Waals surface area contributed by atoms with Crippen LogP contribution in [0.5, 0.6) is 0 Å². The van der Waals surface area contributed by atoms with Crippen LogP contribution >= 0.6 is 0 Å². The highest BCUT2D eigenvalue weighted by Crippen LogP contribution is 2.24. The molecule has 0 spiro atoms. The third kappa shape index (κ3) is 1.26. The van der Waals surface area contributed by atoms with Crippen molar-refractivity contribution in [3.05, 3.63) is 34.9 Å². The van der Waals surface area contributed by atoms with E-state index in [1.807, 2.05) is 4.90 Å². The number of nitrogens with one attached hydrogen (secondary N) is 1. The first-order valence-corrected chi connectivity index (χ1v) is 4.35. The lowest BCUT2D eigenvalue weighted by atomic mass is 10.1. The second-order valence-corrected chi connectivity index (χ2v) is 3.45. The normalized spacial score (nSPS) is 14.4. The summed E-state index contributed by atoms with van der Waals surface area (Å²) in [7, 11) is 0. The minimum absolute atomic E-state index is 0.163. The Morgan fingerprint density at radius 3 is 2.85 bits per heavy atom. The van der Waals surface area contributed by atoms with Crippen molar-refractivity contribution in [3.8, 4) is 0 Å². The summed E-state index contributed by atoms with van der Waals surface area (Å²) in [5.74, 6) is 0.163. The molecule has 0 unspecified atom stereocenters. The first kappa shape index (κ1) is 8.10. The monoisotopic (exact) mass is 175 g/mol. The summed E-state index contributed by atoms with van der Waals surface area (Å²) < 4.78 is 0. The van der Waals surface area contributed by atoms with E-state index in [2.05, 4.69) is 25.1 Å². The number of aryl methyl sites for hydroxylation is 1. The molecule has 3 nitrogen and oxygen atoms in total. The van der Waals surface area contributed by atoms with Crippen LogP contribution in [0.3, 0.4) is 0 Å². The first-order valence-electron chi connectivity index (χ1n) is 4.35.